The maximum atomic E-state index is 13.7. The van der Waals surface area contributed by atoms with Crippen LogP contribution in [0.15, 0.2) is 24.3 Å². The second-order valence-corrected chi connectivity index (χ2v) is 7.32. The van der Waals surface area contributed by atoms with Crippen LogP contribution >= 0.6 is 0 Å². The standard InChI is InChI=1S/C20H25FN2O4/c1-22(12-16-4-2-3-5-17(16)21)18(24)13-27-20(26)15-8-10-23(11-9-15)19(25)14-6-7-14/h2-5,14-15H,6-13H2,1H3. The number of rotatable bonds is 6. The Hall–Kier alpha value is -2.44. The van der Waals surface area contributed by atoms with Gasteiger partial charge in [0.1, 0.15) is 5.82 Å². The van der Waals surface area contributed by atoms with Crippen molar-refractivity contribution in [2.75, 3.05) is 26.7 Å². The average molecular weight is 376 g/mol. The molecule has 3 rings (SSSR count). The molecule has 2 aliphatic rings. The van der Waals surface area contributed by atoms with Crippen LogP contribution in [-0.2, 0) is 25.7 Å². The van der Waals surface area contributed by atoms with Gasteiger partial charge in [-0.2, -0.15) is 0 Å². The van der Waals surface area contributed by atoms with Crippen LogP contribution in [0.4, 0.5) is 4.39 Å². The van der Waals surface area contributed by atoms with E-state index in [1.807, 2.05) is 4.90 Å². The zero-order valence-corrected chi connectivity index (χ0v) is 15.5. The molecule has 0 unspecified atom stereocenters. The molecule has 1 heterocycles. The number of carbonyl (C=O) groups excluding carboxylic acids is 3. The Kier molecular flexibility index (Phi) is 6.08. The van der Waals surface area contributed by atoms with E-state index in [2.05, 4.69) is 0 Å². The number of ether oxygens (including phenoxy) is 1. The topological polar surface area (TPSA) is 66.9 Å². The zero-order chi connectivity index (χ0) is 19.4. The quantitative estimate of drug-likeness (QED) is 0.712. The van der Waals surface area contributed by atoms with E-state index in [1.165, 1.54) is 11.0 Å². The summed E-state index contributed by atoms with van der Waals surface area (Å²) in [6, 6.07) is 6.25. The van der Waals surface area contributed by atoms with Gasteiger partial charge < -0.3 is 14.5 Å². The molecule has 0 spiro atoms. The van der Waals surface area contributed by atoms with Gasteiger partial charge in [0.15, 0.2) is 6.61 Å². The van der Waals surface area contributed by atoms with Crippen molar-refractivity contribution in [2.45, 2.75) is 32.2 Å². The van der Waals surface area contributed by atoms with Crippen molar-refractivity contribution in [1.29, 1.82) is 0 Å². The van der Waals surface area contributed by atoms with Gasteiger partial charge in [0, 0.05) is 38.2 Å². The third-order valence-electron chi connectivity index (χ3n) is 5.20. The minimum absolute atomic E-state index is 0.116. The molecule has 0 radical (unpaired) electrons. The molecular formula is C20H25FN2O4. The van der Waals surface area contributed by atoms with Gasteiger partial charge in [-0.05, 0) is 31.7 Å². The Labute approximate surface area is 158 Å². The molecule has 1 aliphatic carbocycles. The second kappa shape index (κ2) is 8.50. The van der Waals surface area contributed by atoms with Crippen molar-refractivity contribution < 1.29 is 23.5 Å². The van der Waals surface area contributed by atoms with E-state index in [0.717, 1.165) is 12.8 Å². The van der Waals surface area contributed by atoms with Gasteiger partial charge in [-0.25, -0.2) is 4.39 Å². The van der Waals surface area contributed by atoms with E-state index in [9.17, 15) is 18.8 Å². The third kappa shape index (κ3) is 5.05. The van der Waals surface area contributed by atoms with E-state index >= 15 is 0 Å². The van der Waals surface area contributed by atoms with Crippen LogP contribution < -0.4 is 0 Å². The van der Waals surface area contributed by atoms with Crippen LogP contribution in [0, 0.1) is 17.7 Å². The normalized spacial score (nSPS) is 17.5. The predicted octanol–water partition coefficient (Wildman–Crippen LogP) is 1.98. The van der Waals surface area contributed by atoms with Gasteiger partial charge >= 0.3 is 5.97 Å². The fourth-order valence-corrected chi connectivity index (χ4v) is 3.26. The fraction of sp³-hybridized carbons (Fsp3) is 0.550. The molecule has 1 aromatic carbocycles. The highest BCUT2D eigenvalue weighted by molar-refractivity contribution is 5.82. The zero-order valence-electron chi connectivity index (χ0n) is 15.5. The van der Waals surface area contributed by atoms with Gasteiger partial charge in [-0.15, -0.1) is 0 Å². The van der Waals surface area contributed by atoms with Crippen molar-refractivity contribution in [2.24, 2.45) is 11.8 Å². The largest absolute Gasteiger partial charge is 0.455 e. The van der Waals surface area contributed by atoms with Crippen molar-refractivity contribution in [3.63, 3.8) is 0 Å². The van der Waals surface area contributed by atoms with Crippen molar-refractivity contribution >= 4 is 17.8 Å². The molecule has 1 saturated carbocycles. The van der Waals surface area contributed by atoms with E-state index in [1.54, 1.807) is 25.2 Å². The molecule has 0 bridgehead atoms. The SMILES string of the molecule is CN(Cc1ccccc1F)C(=O)COC(=O)C1CCN(C(=O)C2CC2)CC1. The highest BCUT2D eigenvalue weighted by atomic mass is 19.1. The Morgan fingerprint density at radius 1 is 1.11 bits per heavy atom. The van der Waals surface area contributed by atoms with Gasteiger partial charge in [-0.3, -0.25) is 14.4 Å². The number of hydrogen-bond donors (Lipinski definition) is 0. The number of nitrogens with zero attached hydrogens (tertiary/aromatic N) is 2. The lowest BCUT2D eigenvalue weighted by Crippen LogP contribution is -2.41. The lowest BCUT2D eigenvalue weighted by Gasteiger charge is -2.31. The predicted molar refractivity (Wildman–Crippen MR) is 95.9 cm³/mol. The highest BCUT2D eigenvalue weighted by Gasteiger charge is 2.36. The first-order valence-corrected chi connectivity index (χ1v) is 9.38. The van der Waals surface area contributed by atoms with Gasteiger partial charge in [0.2, 0.25) is 5.91 Å². The monoisotopic (exact) mass is 376 g/mol. The summed E-state index contributed by atoms with van der Waals surface area (Å²) >= 11 is 0. The van der Waals surface area contributed by atoms with E-state index < -0.39 is 5.97 Å². The first-order chi connectivity index (χ1) is 13.0. The maximum absolute atomic E-state index is 13.7. The number of benzene rings is 1. The summed E-state index contributed by atoms with van der Waals surface area (Å²) in [5.74, 6) is -1.04. The van der Waals surface area contributed by atoms with Crippen molar-refractivity contribution in [3.05, 3.63) is 35.6 Å². The first-order valence-electron chi connectivity index (χ1n) is 9.38. The molecule has 1 aromatic rings. The lowest BCUT2D eigenvalue weighted by molar-refractivity contribution is -0.157. The summed E-state index contributed by atoms with van der Waals surface area (Å²) in [7, 11) is 1.55. The van der Waals surface area contributed by atoms with E-state index in [0.29, 0.717) is 31.5 Å². The summed E-state index contributed by atoms with van der Waals surface area (Å²) in [6.07, 6.45) is 3.08. The molecule has 6 nitrogen and oxygen atoms in total. The van der Waals surface area contributed by atoms with Crippen molar-refractivity contribution in [1.82, 2.24) is 9.80 Å². The molecule has 0 aromatic heterocycles. The number of carbonyl (C=O) groups is 3. The Morgan fingerprint density at radius 2 is 1.78 bits per heavy atom. The number of piperidine rings is 1. The molecule has 1 saturated heterocycles. The maximum Gasteiger partial charge on any atom is 0.309 e. The second-order valence-electron chi connectivity index (χ2n) is 7.32. The third-order valence-corrected chi connectivity index (χ3v) is 5.20. The smallest absolute Gasteiger partial charge is 0.309 e. The molecule has 146 valence electrons. The van der Waals surface area contributed by atoms with Gasteiger partial charge in [0.25, 0.3) is 5.91 Å². The van der Waals surface area contributed by atoms with Gasteiger partial charge in [-0.1, -0.05) is 18.2 Å². The van der Waals surface area contributed by atoms with Gasteiger partial charge in [0.05, 0.1) is 5.92 Å². The number of likely N-dealkylation sites (tertiary alicyclic amines) is 1. The first kappa shape index (κ1) is 19.3. The van der Waals surface area contributed by atoms with E-state index in [-0.39, 0.29) is 42.6 Å². The molecule has 27 heavy (non-hydrogen) atoms. The summed E-state index contributed by atoms with van der Waals surface area (Å²) in [5, 5.41) is 0. The van der Waals surface area contributed by atoms with Crippen molar-refractivity contribution in [3.8, 4) is 0 Å². The molecule has 0 N–H and O–H groups in total. The van der Waals surface area contributed by atoms with Crippen LogP contribution in [-0.4, -0.2) is 54.3 Å². The Bertz CT molecular complexity index is 712. The number of amides is 2. The number of likely N-dealkylation sites (N-methyl/N-ethyl adjacent to an activating group) is 1. The number of esters is 1. The van der Waals surface area contributed by atoms with E-state index in [4.69, 9.17) is 4.74 Å². The molecular weight excluding hydrogens is 351 g/mol. The summed E-state index contributed by atoms with van der Waals surface area (Å²) in [6.45, 7) is 0.891. The summed E-state index contributed by atoms with van der Waals surface area (Å²) < 4.78 is 18.8. The van der Waals surface area contributed by atoms with Crippen LogP contribution in [0.2, 0.25) is 0 Å². The number of hydrogen-bond acceptors (Lipinski definition) is 4. The lowest BCUT2D eigenvalue weighted by atomic mass is 9.97. The van der Waals surface area contributed by atoms with Crippen LogP contribution in [0.3, 0.4) is 0 Å². The molecule has 2 fully saturated rings. The summed E-state index contributed by atoms with van der Waals surface area (Å²) in [4.78, 5) is 39.5. The van der Waals surface area contributed by atoms with Crippen LogP contribution in [0.25, 0.3) is 0 Å². The highest BCUT2D eigenvalue weighted by Crippen LogP contribution is 2.32. The molecule has 7 heteroatoms. The van der Waals surface area contributed by atoms with Crippen LogP contribution in [0.1, 0.15) is 31.2 Å². The molecule has 2 amide bonds. The minimum Gasteiger partial charge on any atom is -0.455 e. The fourth-order valence-electron chi connectivity index (χ4n) is 3.26. The average Bonchev–Trinajstić information content (AvgIpc) is 3.52. The Morgan fingerprint density at radius 3 is 2.41 bits per heavy atom. The minimum atomic E-state index is -0.402. The summed E-state index contributed by atoms with van der Waals surface area (Å²) in [5.41, 5.74) is 0.410. The van der Waals surface area contributed by atoms with Crippen LogP contribution in [0.5, 0.6) is 0 Å². The number of halogens is 1. The molecule has 0 atom stereocenters. The molecule has 1 aliphatic heterocycles. The Balaban J connectivity index is 1.40.